The van der Waals surface area contributed by atoms with Crippen LogP contribution in [0.2, 0.25) is 0 Å². The third kappa shape index (κ3) is 7.08. The van der Waals surface area contributed by atoms with Gasteiger partial charge in [0.05, 0.1) is 5.60 Å². The molecule has 1 saturated carbocycles. The van der Waals surface area contributed by atoms with Crippen LogP contribution in [0.3, 0.4) is 0 Å². The van der Waals surface area contributed by atoms with Gasteiger partial charge in [0.15, 0.2) is 0 Å². The number of unbranched alkanes of at least 4 members (excludes halogenated alkanes) is 1. The molecule has 0 radical (unpaired) electrons. The minimum absolute atomic E-state index is 0. The van der Waals surface area contributed by atoms with Crippen LogP contribution >= 0.6 is 12.4 Å². The van der Waals surface area contributed by atoms with Crippen molar-refractivity contribution in [3.63, 3.8) is 0 Å². The smallest absolute Gasteiger partial charge is 0.253 e. The van der Waals surface area contributed by atoms with Gasteiger partial charge in [0.1, 0.15) is 11.6 Å². The van der Waals surface area contributed by atoms with E-state index in [1.807, 2.05) is 40.1 Å². The van der Waals surface area contributed by atoms with Gasteiger partial charge in [-0.3, -0.25) is 14.4 Å². The molecule has 0 aromatic heterocycles. The van der Waals surface area contributed by atoms with Gasteiger partial charge in [0, 0.05) is 51.3 Å². The molecule has 1 aliphatic carbocycles. The van der Waals surface area contributed by atoms with Crippen molar-refractivity contribution in [2.75, 3.05) is 39.3 Å². The molecule has 3 aliphatic heterocycles. The monoisotopic (exact) mass is 588 g/mol. The third-order valence-electron chi connectivity index (χ3n) is 10.0. The van der Waals surface area contributed by atoms with Crippen LogP contribution in [0.4, 0.5) is 0 Å². The summed E-state index contributed by atoms with van der Waals surface area (Å²) in [4.78, 5) is 46.7. The first-order chi connectivity index (χ1) is 19.3. The Labute approximate surface area is 251 Å². The van der Waals surface area contributed by atoms with Crippen molar-refractivity contribution in [1.29, 1.82) is 0 Å². The number of nitrogens with zero attached hydrogens (tertiary/aromatic N) is 3. The summed E-state index contributed by atoms with van der Waals surface area (Å²) in [5.74, 6) is 0.622. The number of halogens is 1. The van der Waals surface area contributed by atoms with Crippen LogP contribution in [0.1, 0.15) is 94.3 Å². The van der Waals surface area contributed by atoms with Crippen LogP contribution in [0, 0.1) is 5.92 Å². The zero-order chi connectivity index (χ0) is 28.2. The van der Waals surface area contributed by atoms with Crippen molar-refractivity contribution in [1.82, 2.24) is 20.0 Å². The molecular weight excluding hydrogens is 540 g/mol. The lowest BCUT2D eigenvalue weighted by Gasteiger charge is -2.52. The average Bonchev–Trinajstić information content (AvgIpc) is 2.98. The van der Waals surface area contributed by atoms with E-state index < -0.39 is 17.2 Å². The number of hydrogen-bond donors (Lipinski definition) is 2. The maximum Gasteiger partial charge on any atom is 0.253 e. The number of benzene rings is 1. The molecule has 1 atom stereocenters. The fourth-order valence-electron chi connectivity index (χ4n) is 7.50. The van der Waals surface area contributed by atoms with Crippen LogP contribution in [0.15, 0.2) is 30.3 Å². The molecule has 8 nitrogen and oxygen atoms in total. The molecule has 9 heteroatoms. The van der Waals surface area contributed by atoms with Crippen molar-refractivity contribution in [2.24, 2.45) is 5.92 Å². The molecular formula is C32H49ClN4O4. The summed E-state index contributed by atoms with van der Waals surface area (Å²) in [6.45, 7) is 6.85. The third-order valence-corrected chi connectivity index (χ3v) is 10.0. The van der Waals surface area contributed by atoms with E-state index in [-0.39, 0.29) is 30.1 Å². The second-order valence-electron chi connectivity index (χ2n) is 12.8. The van der Waals surface area contributed by atoms with E-state index in [9.17, 15) is 19.5 Å². The Morgan fingerprint density at radius 2 is 1.63 bits per heavy atom. The van der Waals surface area contributed by atoms with Gasteiger partial charge in [-0.2, -0.15) is 0 Å². The molecule has 4 fully saturated rings. The number of amides is 3. The van der Waals surface area contributed by atoms with Gasteiger partial charge < -0.3 is 25.1 Å². The number of piperazine rings is 1. The number of nitrogens with one attached hydrogen (secondary N) is 1. The highest BCUT2D eigenvalue weighted by atomic mass is 35.5. The van der Waals surface area contributed by atoms with Gasteiger partial charge in [-0.1, -0.05) is 50.8 Å². The van der Waals surface area contributed by atoms with Crippen molar-refractivity contribution < 1.29 is 19.5 Å². The van der Waals surface area contributed by atoms with Crippen LogP contribution in [-0.4, -0.2) is 94.0 Å². The molecule has 228 valence electrons. The summed E-state index contributed by atoms with van der Waals surface area (Å²) in [6.07, 6.45) is 9.96. The lowest BCUT2D eigenvalue weighted by Crippen LogP contribution is -2.73. The number of hydrogen-bond acceptors (Lipinski definition) is 5. The Morgan fingerprint density at radius 3 is 2.27 bits per heavy atom. The minimum Gasteiger partial charge on any atom is -0.390 e. The van der Waals surface area contributed by atoms with Crippen molar-refractivity contribution in [2.45, 2.75) is 101 Å². The molecule has 0 bridgehead atoms. The zero-order valence-electron chi connectivity index (χ0n) is 24.7. The SMILES string of the molecule is CCCCN1C(=O)[C@@H](CC2(O)CCCCC2)NC(=O)C12CCN(CC1CCN(C(=O)c3ccccc3)CC1)CC2.Cl. The number of carbonyl (C=O) groups excluding carboxylic acids is 3. The fraction of sp³-hybridized carbons (Fsp3) is 0.719. The summed E-state index contributed by atoms with van der Waals surface area (Å²) in [5, 5.41) is 14.2. The molecule has 3 saturated heterocycles. The standard InChI is InChI=1S/C32H48N4O4.ClH/c1-2-3-18-36-29(38)27(23-31(40)14-8-5-9-15-31)33-30(39)32(36)16-21-34(22-17-32)24-25-12-19-35(20-13-25)28(37)26-10-6-4-7-11-26;/h4,6-7,10-11,25,27,40H,2-3,5,8-9,12-24H2,1H3,(H,33,39);1H/t27-;/m1./s1. The molecule has 3 amide bonds. The largest absolute Gasteiger partial charge is 0.390 e. The maximum absolute atomic E-state index is 13.8. The van der Waals surface area contributed by atoms with E-state index in [2.05, 4.69) is 17.1 Å². The van der Waals surface area contributed by atoms with E-state index in [0.29, 0.717) is 44.6 Å². The zero-order valence-corrected chi connectivity index (χ0v) is 25.5. The van der Waals surface area contributed by atoms with E-state index in [4.69, 9.17) is 0 Å². The molecule has 1 aromatic rings. The molecule has 41 heavy (non-hydrogen) atoms. The summed E-state index contributed by atoms with van der Waals surface area (Å²) >= 11 is 0. The number of carbonyl (C=O) groups is 3. The number of rotatable bonds is 8. The second kappa shape index (κ2) is 13.9. The van der Waals surface area contributed by atoms with E-state index in [1.54, 1.807) is 0 Å². The van der Waals surface area contributed by atoms with Crippen LogP contribution < -0.4 is 5.32 Å². The molecule has 1 aromatic carbocycles. The van der Waals surface area contributed by atoms with Gasteiger partial charge in [-0.25, -0.2) is 0 Å². The normalized spacial score (nSPS) is 25.1. The number of likely N-dealkylation sites (tertiary alicyclic amines) is 2. The predicted molar refractivity (Wildman–Crippen MR) is 162 cm³/mol. The highest BCUT2D eigenvalue weighted by Crippen LogP contribution is 2.38. The molecule has 0 unspecified atom stereocenters. The first kappa shape index (κ1) is 31.8. The lowest BCUT2D eigenvalue weighted by molar-refractivity contribution is -0.163. The highest BCUT2D eigenvalue weighted by Gasteiger charge is 2.54. The Hall–Kier alpha value is -2.16. The van der Waals surface area contributed by atoms with Gasteiger partial charge >= 0.3 is 0 Å². The van der Waals surface area contributed by atoms with E-state index in [0.717, 1.165) is 83.2 Å². The fourth-order valence-corrected chi connectivity index (χ4v) is 7.50. The maximum atomic E-state index is 13.8. The van der Waals surface area contributed by atoms with E-state index >= 15 is 0 Å². The minimum atomic E-state index is -0.850. The van der Waals surface area contributed by atoms with E-state index in [1.165, 1.54) is 0 Å². The Kier molecular flexibility index (Phi) is 10.8. The highest BCUT2D eigenvalue weighted by molar-refractivity contribution is 6.00. The molecule has 4 aliphatic rings. The van der Waals surface area contributed by atoms with Crippen molar-refractivity contribution >= 4 is 30.1 Å². The van der Waals surface area contributed by atoms with Gasteiger partial charge in [0.25, 0.3) is 5.91 Å². The summed E-state index contributed by atoms with van der Waals surface area (Å²) < 4.78 is 0. The topological polar surface area (TPSA) is 93.2 Å². The Bertz CT molecular complexity index is 1030. The summed E-state index contributed by atoms with van der Waals surface area (Å²) in [7, 11) is 0. The van der Waals surface area contributed by atoms with Crippen molar-refractivity contribution in [3.05, 3.63) is 35.9 Å². The quantitative estimate of drug-likeness (QED) is 0.479. The Balaban J connectivity index is 0.00000387. The number of aliphatic hydroxyl groups is 1. The molecule has 5 rings (SSSR count). The van der Waals surface area contributed by atoms with Gasteiger partial charge in [-0.05, 0) is 63.0 Å². The average molecular weight is 589 g/mol. The molecule has 3 heterocycles. The first-order valence-corrected chi connectivity index (χ1v) is 15.8. The van der Waals surface area contributed by atoms with Gasteiger partial charge in [0.2, 0.25) is 11.8 Å². The van der Waals surface area contributed by atoms with Crippen LogP contribution in [0.25, 0.3) is 0 Å². The summed E-state index contributed by atoms with van der Waals surface area (Å²) in [6, 6.07) is 8.89. The Morgan fingerprint density at radius 1 is 0.976 bits per heavy atom. The van der Waals surface area contributed by atoms with Crippen molar-refractivity contribution in [3.8, 4) is 0 Å². The molecule has 2 N–H and O–H groups in total. The second-order valence-corrected chi connectivity index (χ2v) is 12.8. The molecule has 1 spiro atoms. The first-order valence-electron chi connectivity index (χ1n) is 15.8. The lowest BCUT2D eigenvalue weighted by atomic mass is 9.77. The number of piperidine rings is 2. The van der Waals surface area contributed by atoms with Crippen LogP contribution in [0.5, 0.6) is 0 Å². The van der Waals surface area contributed by atoms with Gasteiger partial charge in [-0.15, -0.1) is 12.4 Å². The van der Waals surface area contributed by atoms with Crippen LogP contribution in [-0.2, 0) is 9.59 Å². The predicted octanol–water partition coefficient (Wildman–Crippen LogP) is 4.01. The summed E-state index contributed by atoms with van der Waals surface area (Å²) in [5.41, 5.74) is -0.873.